The number of carbonyl (C=O) groups is 1. The Balaban J connectivity index is 1.57. The molecule has 2 aromatic heterocycles. The lowest BCUT2D eigenvalue weighted by molar-refractivity contribution is 0.0728. The van der Waals surface area contributed by atoms with Gasteiger partial charge >= 0.3 is 0 Å². The minimum atomic E-state index is -0.0437. The first-order valence-electron chi connectivity index (χ1n) is 9.36. The number of nitrogens with zero attached hydrogens (tertiary/aromatic N) is 3. The van der Waals surface area contributed by atoms with E-state index in [0.29, 0.717) is 18.8 Å². The fourth-order valence-corrected chi connectivity index (χ4v) is 3.94. The molecule has 0 fully saturated rings. The van der Waals surface area contributed by atoms with Gasteiger partial charge in [0.15, 0.2) is 5.69 Å². The van der Waals surface area contributed by atoms with Crippen LogP contribution in [0.5, 0.6) is 0 Å². The van der Waals surface area contributed by atoms with Crippen LogP contribution in [0.4, 0.5) is 0 Å². The predicted octanol–water partition coefficient (Wildman–Crippen LogP) is 4.34. The maximum Gasteiger partial charge on any atom is 0.274 e. The molecule has 1 aliphatic rings. The van der Waals surface area contributed by atoms with Crippen molar-refractivity contribution < 1.29 is 4.79 Å². The number of hydrogen-bond acceptors (Lipinski definition) is 3. The Morgan fingerprint density at radius 3 is 2.86 bits per heavy atom. The van der Waals surface area contributed by atoms with E-state index in [0.717, 1.165) is 33.1 Å². The Morgan fingerprint density at radius 2 is 2.07 bits per heavy atom. The van der Waals surface area contributed by atoms with E-state index in [1.807, 2.05) is 41.4 Å². The van der Waals surface area contributed by atoms with Crippen LogP contribution in [0.3, 0.4) is 0 Å². The van der Waals surface area contributed by atoms with Crippen molar-refractivity contribution >= 4 is 32.9 Å². The second-order valence-electron chi connectivity index (χ2n) is 6.92. The molecule has 1 aromatic carbocycles. The third-order valence-corrected chi connectivity index (χ3v) is 5.52. The molecule has 0 saturated carbocycles. The van der Waals surface area contributed by atoms with E-state index in [1.165, 1.54) is 11.8 Å². The highest BCUT2D eigenvalue weighted by Gasteiger charge is 2.24. The normalized spacial score (nSPS) is 14.4. The molecule has 0 unspecified atom stereocenters. The standard InChI is InChI=1S/C23H21BrN4O/c1-2-3-16(8-10-25)17-4-5-19-14-27(11-9-18(19)12-17)23(29)22-13-21-7-6-20(24)15-28(21)26-22/h2-8,10,12-13,15H,1,9,11,14,25H2/b10-8-,16-3+. The Morgan fingerprint density at radius 1 is 1.21 bits per heavy atom. The van der Waals surface area contributed by atoms with Crippen LogP contribution in [-0.4, -0.2) is 27.0 Å². The molecule has 3 heterocycles. The molecule has 29 heavy (non-hydrogen) atoms. The van der Waals surface area contributed by atoms with Gasteiger partial charge in [0.05, 0.1) is 5.52 Å². The molecule has 146 valence electrons. The van der Waals surface area contributed by atoms with Crippen molar-refractivity contribution in [2.45, 2.75) is 13.0 Å². The number of allylic oxidation sites excluding steroid dienone is 4. The van der Waals surface area contributed by atoms with Gasteiger partial charge in [0.25, 0.3) is 5.91 Å². The van der Waals surface area contributed by atoms with Crippen LogP contribution in [0.25, 0.3) is 11.1 Å². The highest BCUT2D eigenvalue weighted by Crippen LogP contribution is 2.26. The average molecular weight is 449 g/mol. The molecule has 0 aliphatic carbocycles. The molecule has 0 spiro atoms. The molecule has 3 aromatic rings. The molecule has 0 bridgehead atoms. The summed E-state index contributed by atoms with van der Waals surface area (Å²) in [6.45, 7) is 5.02. The van der Waals surface area contributed by atoms with Gasteiger partial charge in [-0.3, -0.25) is 4.79 Å². The number of halogens is 1. The summed E-state index contributed by atoms with van der Waals surface area (Å²) in [4.78, 5) is 14.9. The lowest BCUT2D eigenvalue weighted by atomic mass is 9.94. The Bertz CT molecular complexity index is 1160. The van der Waals surface area contributed by atoms with Gasteiger partial charge < -0.3 is 10.6 Å². The van der Waals surface area contributed by atoms with E-state index in [9.17, 15) is 4.79 Å². The van der Waals surface area contributed by atoms with Crippen molar-refractivity contribution in [1.29, 1.82) is 0 Å². The second-order valence-corrected chi connectivity index (χ2v) is 7.84. The number of carbonyl (C=O) groups excluding carboxylic acids is 1. The van der Waals surface area contributed by atoms with Crippen molar-refractivity contribution in [2.24, 2.45) is 5.73 Å². The van der Waals surface area contributed by atoms with Gasteiger partial charge in [-0.2, -0.15) is 5.10 Å². The van der Waals surface area contributed by atoms with Crippen LogP contribution in [0.1, 0.15) is 27.2 Å². The zero-order valence-corrected chi connectivity index (χ0v) is 17.5. The van der Waals surface area contributed by atoms with Crippen molar-refractivity contribution in [2.75, 3.05) is 6.54 Å². The van der Waals surface area contributed by atoms with Gasteiger partial charge in [-0.1, -0.05) is 36.9 Å². The molecule has 0 saturated heterocycles. The van der Waals surface area contributed by atoms with E-state index in [1.54, 1.807) is 10.6 Å². The Hall–Kier alpha value is -3.12. The lowest BCUT2D eigenvalue weighted by Crippen LogP contribution is -2.36. The molecule has 1 amide bonds. The zero-order chi connectivity index (χ0) is 20.4. The fraction of sp³-hybridized carbons (Fsp3) is 0.130. The van der Waals surface area contributed by atoms with Gasteiger partial charge in [-0.15, -0.1) is 0 Å². The number of nitrogens with two attached hydrogens (primary N) is 1. The molecule has 2 N–H and O–H groups in total. The molecule has 4 rings (SSSR count). The summed E-state index contributed by atoms with van der Waals surface area (Å²) in [7, 11) is 0. The van der Waals surface area contributed by atoms with Crippen LogP contribution in [-0.2, 0) is 13.0 Å². The molecule has 0 atom stereocenters. The minimum absolute atomic E-state index is 0.0437. The summed E-state index contributed by atoms with van der Waals surface area (Å²) in [6, 6.07) is 12.0. The van der Waals surface area contributed by atoms with E-state index in [4.69, 9.17) is 5.73 Å². The van der Waals surface area contributed by atoms with Crippen LogP contribution >= 0.6 is 15.9 Å². The first-order chi connectivity index (χ1) is 14.1. The van der Waals surface area contributed by atoms with Crippen molar-refractivity contribution in [3.05, 3.63) is 100 Å². The van der Waals surface area contributed by atoms with Crippen molar-refractivity contribution in [3.63, 3.8) is 0 Å². The van der Waals surface area contributed by atoms with Gasteiger partial charge in [-0.05, 0) is 75.1 Å². The summed E-state index contributed by atoms with van der Waals surface area (Å²) in [5.74, 6) is -0.0437. The van der Waals surface area contributed by atoms with E-state index in [-0.39, 0.29) is 5.91 Å². The first-order valence-corrected chi connectivity index (χ1v) is 10.2. The minimum Gasteiger partial charge on any atom is -0.405 e. The van der Waals surface area contributed by atoms with Crippen LogP contribution in [0.15, 0.2) is 78.1 Å². The summed E-state index contributed by atoms with van der Waals surface area (Å²) in [5, 5.41) is 4.44. The third-order valence-electron chi connectivity index (χ3n) is 5.05. The number of aromatic nitrogens is 2. The predicted molar refractivity (Wildman–Crippen MR) is 119 cm³/mol. The number of fused-ring (bicyclic) bond motifs is 2. The smallest absolute Gasteiger partial charge is 0.274 e. The van der Waals surface area contributed by atoms with Gasteiger partial charge in [0.1, 0.15) is 0 Å². The van der Waals surface area contributed by atoms with Gasteiger partial charge in [0.2, 0.25) is 0 Å². The summed E-state index contributed by atoms with van der Waals surface area (Å²) >= 11 is 3.43. The van der Waals surface area contributed by atoms with Crippen molar-refractivity contribution in [1.82, 2.24) is 14.5 Å². The lowest BCUT2D eigenvalue weighted by Gasteiger charge is -2.28. The average Bonchev–Trinajstić information content (AvgIpc) is 3.15. The Labute approximate surface area is 177 Å². The maximum atomic E-state index is 13.0. The fourth-order valence-electron chi connectivity index (χ4n) is 3.61. The monoisotopic (exact) mass is 448 g/mol. The quantitative estimate of drug-likeness (QED) is 0.603. The second kappa shape index (κ2) is 8.09. The van der Waals surface area contributed by atoms with E-state index in [2.05, 4.69) is 45.8 Å². The number of hydrogen-bond donors (Lipinski definition) is 1. The van der Waals surface area contributed by atoms with Crippen LogP contribution in [0, 0.1) is 0 Å². The topological polar surface area (TPSA) is 63.6 Å². The summed E-state index contributed by atoms with van der Waals surface area (Å²) < 4.78 is 2.64. The molecule has 0 radical (unpaired) electrons. The zero-order valence-electron chi connectivity index (χ0n) is 15.9. The third kappa shape index (κ3) is 3.89. The van der Waals surface area contributed by atoms with E-state index < -0.39 is 0 Å². The first kappa shape index (κ1) is 19.2. The number of benzene rings is 1. The molecular formula is C23H21BrN4O. The van der Waals surface area contributed by atoms with Crippen molar-refractivity contribution in [3.8, 4) is 0 Å². The summed E-state index contributed by atoms with van der Waals surface area (Å²) in [5.41, 5.74) is 11.5. The van der Waals surface area contributed by atoms with Gasteiger partial charge in [0, 0.05) is 23.8 Å². The van der Waals surface area contributed by atoms with Crippen LogP contribution in [0.2, 0.25) is 0 Å². The number of amides is 1. The molecular weight excluding hydrogens is 428 g/mol. The Kier molecular flexibility index (Phi) is 5.36. The number of rotatable bonds is 4. The van der Waals surface area contributed by atoms with Crippen LogP contribution < -0.4 is 5.73 Å². The van der Waals surface area contributed by atoms with E-state index >= 15 is 0 Å². The maximum absolute atomic E-state index is 13.0. The van der Waals surface area contributed by atoms with Gasteiger partial charge in [-0.25, -0.2) is 4.52 Å². The number of pyridine rings is 1. The SMILES string of the molecule is C=C/C=C(\C=C/N)c1ccc2c(c1)CCN(C(=O)c1cc3ccc(Br)cn3n1)C2. The molecule has 1 aliphatic heterocycles. The molecule has 5 nitrogen and oxygen atoms in total. The molecule has 6 heteroatoms. The largest absolute Gasteiger partial charge is 0.405 e. The highest BCUT2D eigenvalue weighted by molar-refractivity contribution is 9.10. The highest BCUT2D eigenvalue weighted by atomic mass is 79.9. The summed E-state index contributed by atoms with van der Waals surface area (Å²) in [6.07, 6.45) is 9.74.